The van der Waals surface area contributed by atoms with Gasteiger partial charge in [-0.2, -0.15) is 0 Å². The highest BCUT2D eigenvalue weighted by molar-refractivity contribution is 4.96. The van der Waals surface area contributed by atoms with Crippen molar-refractivity contribution in [2.75, 3.05) is 19.6 Å². The third kappa shape index (κ3) is 4.24. The highest BCUT2D eigenvalue weighted by atomic mass is 15.2. The van der Waals surface area contributed by atoms with Crippen molar-refractivity contribution in [3.63, 3.8) is 0 Å². The van der Waals surface area contributed by atoms with Gasteiger partial charge in [0.05, 0.1) is 0 Å². The van der Waals surface area contributed by atoms with E-state index in [4.69, 9.17) is 0 Å². The molecule has 1 N–H and O–H groups in total. The molecule has 1 aliphatic heterocycles. The van der Waals surface area contributed by atoms with Crippen LogP contribution in [0.5, 0.6) is 0 Å². The van der Waals surface area contributed by atoms with Crippen molar-refractivity contribution in [3.05, 3.63) is 0 Å². The number of hydrogen-bond donors (Lipinski definition) is 1. The first kappa shape index (κ1) is 12.5. The SMILES string of the molecule is CC#CCCN1CCC(NCC)CC1C. The van der Waals surface area contributed by atoms with Crippen LogP contribution in [0.2, 0.25) is 0 Å². The molecule has 0 spiro atoms. The van der Waals surface area contributed by atoms with Crippen LogP contribution < -0.4 is 5.32 Å². The zero-order chi connectivity index (χ0) is 11.1. The first-order chi connectivity index (χ1) is 7.27. The van der Waals surface area contributed by atoms with Crippen LogP contribution in [-0.4, -0.2) is 36.6 Å². The van der Waals surface area contributed by atoms with Crippen LogP contribution in [0, 0.1) is 11.8 Å². The molecular formula is C13H24N2. The van der Waals surface area contributed by atoms with Crippen LogP contribution in [0.3, 0.4) is 0 Å². The van der Waals surface area contributed by atoms with Crippen LogP contribution in [0.15, 0.2) is 0 Å². The molecule has 0 amide bonds. The molecule has 0 aliphatic carbocycles. The van der Waals surface area contributed by atoms with Crippen LogP contribution in [0.4, 0.5) is 0 Å². The van der Waals surface area contributed by atoms with Gasteiger partial charge in [-0.15, -0.1) is 11.8 Å². The van der Waals surface area contributed by atoms with Crippen molar-refractivity contribution < 1.29 is 0 Å². The van der Waals surface area contributed by atoms with Crippen LogP contribution in [0.1, 0.15) is 40.0 Å². The second-order valence-electron chi connectivity index (χ2n) is 4.34. The molecule has 0 saturated carbocycles. The summed E-state index contributed by atoms with van der Waals surface area (Å²) in [5.41, 5.74) is 0. The fraction of sp³-hybridized carbons (Fsp3) is 0.846. The van der Waals surface area contributed by atoms with Crippen molar-refractivity contribution in [3.8, 4) is 11.8 Å². The lowest BCUT2D eigenvalue weighted by atomic mass is 9.98. The maximum atomic E-state index is 3.55. The highest BCUT2D eigenvalue weighted by Gasteiger charge is 2.23. The van der Waals surface area contributed by atoms with E-state index in [0.717, 1.165) is 25.6 Å². The number of nitrogens with one attached hydrogen (secondary N) is 1. The van der Waals surface area contributed by atoms with Crippen molar-refractivity contribution in [1.29, 1.82) is 0 Å². The van der Waals surface area contributed by atoms with Crippen molar-refractivity contribution in [1.82, 2.24) is 10.2 Å². The Morgan fingerprint density at radius 3 is 2.87 bits per heavy atom. The van der Waals surface area contributed by atoms with Crippen LogP contribution in [0.25, 0.3) is 0 Å². The first-order valence-corrected chi connectivity index (χ1v) is 6.15. The maximum Gasteiger partial charge on any atom is 0.0217 e. The summed E-state index contributed by atoms with van der Waals surface area (Å²) >= 11 is 0. The molecule has 2 atom stereocenters. The Hall–Kier alpha value is -0.520. The van der Waals surface area contributed by atoms with Crippen LogP contribution in [-0.2, 0) is 0 Å². The minimum atomic E-state index is 0.710. The first-order valence-electron chi connectivity index (χ1n) is 6.15. The van der Waals surface area contributed by atoms with E-state index in [0.29, 0.717) is 6.04 Å². The Morgan fingerprint density at radius 1 is 1.47 bits per heavy atom. The quantitative estimate of drug-likeness (QED) is 0.710. The lowest BCUT2D eigenvalue weighted by Gasteiger charge is -2.37. The zero-order valence-corrected chi connectivity index (χ0v) is 10.3. The lowest BCUT2D eigenvalue weighted by molar-refractivity contribution is 0.140. The fourth-order valence-corrected chi connectivity index (χ4v) is 2.35. The van der Waals surface area contributed by atoms with Gasteiger partial charge in [-0.3, -0.25) is 4.90 Å². The summed E-state index contributed by atoms with van der Waals surface area (Å²) < 4.78 is 0. The fourth-order valence-electron chi connectivity index (χ4n) is 2.35. The Labute approximate surface area is 94.4 Å². The molecule has 1 fully saturated rings. The van der Waals surface area contributed by atoms with E-state index in [-0.39, 0.29) is 0 Å². The summed E-state index contributed by atoms with van der Waals surface area (Å²) in [6.07, 6.45) is 3.60. The molecular weight excluding hydrogens is 184 g/mol. The van der Waals surface area contributed by atoms with E-state index in [1.165, 1.54) is 19.4 Å². The molecule has 1 heterocycles. The minimum absolute atomic E-state index is 0.710. The predicted octanol–water partition coefficient (Wildman–Crippen LogP) is 1.86. The van der Waals surface area contributed by atoms with Gasteiger partial charge in [0, 0.05) is 25.0 Å². The molecule has 2 heteroatoms. The average Bonchev–Trinajstić information content (AvgIpc) is 2.22. The van der Waals surface area contributed by atoms with Gasteiger partial charge in [-0.05, 0) is 39.8 Å². The van der Waals surface area contributed by atoms with Gasteiger partial charge in [-0.25, -0.2) is 0 Å². The van der Waals surface area contributed by atoms with Gasteiger partial charge in [0.1, 0.15) is 0 Å². The van der Waals surface area contributed by atoms with E-state index in [1.54, 1.807) is 0 Å². The summed E-state index contributed by atoms with van der Waals surface area (Å²) in [4.78, 5) is 2.57. The lowest BCUT2D eigenvalue weighted by Crippen LogP contribution is -2.47. The van der Waals surface area contributed by atoms with Crippen LogP contribution >= 0.6 is 0 Å². The normalized spacial score (nSPS) is 27.1. The molecule has 1 aliphatic rings. The molecule has 0 aromatic carbocycles. The van der Waals surface area contributed by atoms with Crippen molar-refractivity contribution in [2.24, 2.45) is 0 Å². The second-order valence-corrected chi connectivity index (χ2v) is 4.34. The zero-order valence-electron chi connectivity index (χ0n) is 10.3. The largest absolute Gasteiger partial charge is 0.314 e. The third-order valence-corrected chi connectivity index (χ3v) is 3.21. The van der Waals surface area contributed by atoms with E-state index in [2.05, 4.69) is 35.9 Å². The smallest absolute Gasteiger partial charge is 0.0217 e. The van der Waals surface area contributed by atoms with Gasteiger partial charge in [0.15, 0.2) is 0 Å². The molecule has 0 radical (unpaired) electrons. The predicted molar refractivity (Wildman–Crippen MR) is 65.8 cm³/mol. The third-order valence-electron chi connectivity index (χ3n) is 3.21. The topological polar surface area (TPSA) is 15.3 Å². The standard InChI is InChI=1S/C13H24N2/c1-4-6-7-9-15-10-8-13(14-5-2)11-12(15)3/h12-14H,5,7-11H2,1-3H3. The van der Waals surface area contributed by atoms with Gasteiger partial charge >= 0.3 is 0 Å². The van der Waals surface area contributed by atoms with E-state index < -0.39 is 0 Å². The Balaban J connectivity index is 2.27. The molecule has 0 aromatic heterocycles. The number of hydrogen-bond acceptors (Lipinski definition) is 2. The Morgan fingerprint density at radius 2 is 2.27 bits per heavy atom. The van der Waals surface area contributed by atoms with Gasteiger partial charge in [-0.1, -0.05) is 6.92 Å². The highest BCUT2D eigenvalue weighted by Crippen LogP contribution is 2.17. The molecule has 0 bridgehead atoms. The summed E-state index contributed by atoms with van der Waals surface area (Å²) in [6, 6.07) is 1.44. The number of piperidine rings is 1. The monoisotopic (exact) mass is 208 g/mol. The summed E-state index contributed by atoms with van der Waals surface area (Å²) in [7, 11) is 0. The number of likely N-dealkylation sites (tertiary alicyclic amines) is 1. The summed E-state index contributed by atoms with van der Waals surface area (Å²) in [6.45, 7) is 9.90. The van der Waals surface area contributed by atoms with Crippen molar-refractivity contribution >= 4 is 0 Å². The molecule has 2 nitrogen and oxygen atoms in total. The van der Waals surface area contributed by atoms with E-state index in [1.807, 2.05) is 6.92 Å². The van der Waals surface area contributed by atoms with Gasteiger partial charge < -0.3 is 5.32 Å². The summed E-state index contributed by atoms with van der Waals surface area (Å²) in [5.74, 6) is 6.11. The average molecular weight is 208 g/mol. The number of nitrogens with zero attached hydrogens (tertiary/aromatic N) is 1. The molecule has 1 saturated heterocycles. The van der Waals surface area contributed by atoms with E-state index in [9.17, 15) is 0 Å². The summed E-state index contributed by atoms with van der Waals surface area (Å²) in [5, 5.41) is 3.55. The molecule has 1 rings (SSSR count). The second kappa shape index (κ2) is 6.87. The Bertz CT molecular complexity index is 226. The van der Waals surface area contributed by atoms with Gasteiger partial charge in [0.2, 0.25) is 0 Å². The van der Waals surface area contributed by atoms with Crippen molar-refractivity contribution in [2.45, 2.75) is 52.1 Å². The Kier molecular flexibility index (Phi) is 5.75. The number of rotatable bonds is 4. The maximum absolute atomic E-state index is 3.55. The minimum Gasteiger partial charge on any atom is -0.314 e. The molecule has 15 heavy (non-hydrogen) atoms. The van der Waals surface area contributed by atoms with Gasteiger partial charge in [0.25, 0.3) is 0 Å². The molecule has 2 unspecified atom stereocenters. The molecule has 86 valence electrons. The molecule has 0 aromatic rings. The van der Waals surface area contributed by atoms with E-state index >= 15 is 0 Å².